The summed E-state index contributed by atoms with van der Waals surface area (Å²) in [4.78, 5) is 12.4. The molecule has 3 N–H and O–H groups in total. The van der Waals surface area contributed by atoms with Crippen molar-refractivity contribution in [2.75, 3.05) is 18.4 Å². The molecule has 0 radical (unpaired) electrons. The Morgan fingerprint density at radius 2 is 1.83 bits per heavy atom. The first-order valence-electron chi connectivity index (χ1n) is 7.75. The van der Waals surface area contributed by atoms with Crippen molar-refractivity contribution in [2.45, 2.75) is 18.9 Å². The first-order chi connectivity index (χ1) is 10.8. The highest BCUT2D eigenvalue weighted by Crippen LogP contribution is 2.17. The maximum Gasteiger partial charge on any atom is 0.251 e. The zero-order valence-electron chi connectivity index (χ0n) is 12.9. The molecule has 1 aliphatic heterocycles. The van der Waals surface area contributed by atoms with E-state index in [2.05, 4.69) is 16.0 Å². The van der Waals surface area contributed by atoms with Crippen LogP contribution < -0.4 is 16.0 Å². The summed E-state index contributed by atoms with van der Waals surface area (Å²) in [6, 6.07) is 17.8. The van der Waals surface area contributed by atoms with E-state index >= 15 is 0 Å². The number of rotatable bonds is 4. The lowest BCUT2D eigenvalue weighted by molar-refractivity contribution is 0.0930. The number of benzene rings is 2. The fourth-order valence-electron chi connectivity index (χ4n) is 2.67. The van der Waals surface area contributed by atoms with Gasteiger partial charge in [-0.3, -0.25) is 4.79 Å². The minimum Gasteiger partial charge on any atom is -0.356 e. The van der Waals surface area contributed by atoms with Gasteiger partial charge in [-0.1, -0.05) is 24.3 Å². The number of carbonyl (C=O) groups excluding carboxylic acids is 1. The van der Waals surface area contributed by atoms with Crippen LogP contribution in [-0.2, 0) is 0 Å². The second-order valence-corrected chi connectivity index (χ2v) is 5.59. The predicted molar refractivity (Wildman–Crippen MR) is 96.8 cm³/mol. The van der Waals surface area contributed by atoms with E-state index in [0.717, 1.165) is 37.3 Å². The largest absolute Gasteiger partial charge is 0.356 e. The molecule has 0 spiro atoms. The number of carbonyl (C=O) groups is 1. The molecule has 1 saturated heterocycles. The molecule has 0 bridgehead atoms. The Bertz CT molecular complexity index is 627. The molecule has 3 rings (SSSR count). The lowest BCUT2D eigenvalue weighted by Gasteiger charge is -2.23. The molecule has 5 heteroatoms. The third-order valence-corrected chi connectivity index (χ3v) is 3.82. The van der Waals surface area contributed by atoms with Gasteiger partial charge in [0.1, 0.15) is 0 Å². The van der Waals surface area contributed by atoms with E-state index < -0.39 is 0 Å². The van der Waals surface area contributed by atoms with Crippen molar-refractivity contribution in [2.24, 2.45) is 0 Å². The van der Waals surface area contributed by atoms with Crippen molar-refractivity contribution < 1.29 is 4.79 Å². The highest BCUT2D eigenvalue weighted by atomic mass is 35.5. The molecule has 1 fully saturated rings. The number of hydrogen-bond donors (Lipinski definition) is 3. The molecule has 2 aromatic rings. The molecule has 23 heavy (non-hydrogen) atoms. The summed E-state index contributed by atoms with van der Waals surface area (Å²) in [7, 11) is 0. The van der Waals surface area contributed by atoms with Gasteiger partial charge in [0.25, 0.3) is 5.91 Å². The van der Waals surface area contributed by atoms with E-state index in [1.165, 1.54) is 0 Å². The molecule has 1 aliphatic rings. The molecule has 4 nitrogen and oxygen atoms in total. The molecular formula is C18H22ClN3O. The average molecular weight is 332 g/mol. The Morgan fingerprint density at radius 1 is 1.04 bits per heavy atom. The zero-order chi connectivity index (χ0) is 15.2. The minimum atomic E-state index is -0.00888. The number of para-hydroxylation sites is 1. The van der Waals surface area contributed by atoms with E-state index in [0.29, 0.717) is 5.56 Å². The van der Waals surface area contributed by atoms with Gasteiger partial charge in [0.15, 0.2) is 0 Å². The molecule has 0 unspecified atom stereocenters. The molecule has 122 valence electrons. The SMILES string of the molecule is Cl.O=C(N[C@H]1CCCNC1)c1cccc(Nc2ccccc2)c1. The molecule has 2 aromatic carbocycles. The summed E-state index contributed by atoms with van der Waals surface area (Å²) >= 11 is 0. The Hall–Kier alpha value is -2.04. The van der Waals surface area contributed by atoms with Crippen molar-refractivity contribution in [3.63, 3.8) is 0 Å². The first kappa shape index (κ1) is 17.3. The quantitative estimate of drug-likeness (QED) is 0.805. The van der Waals surface area contributed by atoms with Crippen LogP contribution in [-0.4, -0.2) is 25.0 Å². The normalized spacial score (nSPS) is 17.0. The molecule has 0 aromatic heterocycles. The number of hydrogen-bond acceptors (Lipinski definition) is 3. The number of anilines is 2. The Morgan fingerprint density at radius 3 is 2.57 bits per heavy atom. The Kier molecular flexibility index (Phi) is 6.44. The third kappa shape index (κ3) is 4.98. The summed E-state index contributed by atoms with van der Waals surface area (Å²) in [6.45, 7) is 1.90. The summed E-state index contributed by atoms with van der Waals surface area (Å²) < 4.78 is 0. The number of amides is 1. The average Bonchev–Trinajstić information content (AvgIpc) is 2.57. The van der Waals surface area contributed by atoms with Crippen LogP contribution in [0, 0.1) is 0 Å². The smallest absolute Gasteiger partial charge is 0.251 e. The monoisotopic (exact) mass is 331 g/mol. The number of halogens is 1. The van der Waals surface area contributed by atoms with E-state index in [4.69, 9.17) is 0 Å². The summed E-state index contributed by atoms with van der Waals surface area (Å²) in [6.07, 6.45) is 2.15. The minimum absolute atomic E-state index is 0. The van der Waals surface area contributed by atoms with E-state index in [1.54, 1.807) is 0 Å². The third-order valence-electron chi connectivity index (χ3n) is 3.82. The molecule has 0 saturated carbocycles. The van der Waals surface area contributed by atoms with Crippen molar-refractivity contribution in [1.29, 1.82) is 0 Å². The first-order valence-corrected chi connectivity index (χ1v) is 7.75. The summed E-state index contributed by atoms with van der Waals surface area (Å²) in [5, 5.41) is 9.72. The van der Waals surface area contributed by atoms with Gasteiger partial charge in [-0.2, -0.15) is 0 Å². The molecule has 0 aliphatic carbocycles. The van der Waals surface area contributed by atoms with E-state index in [-0.39, 0.29) is 24.4 Å². The Labute approximate surface area is 143 Å². The van der Waals surface area contributed by atoms with Crippen LogP contribution in [0.4, 0.5) is 11.4 Å². The molecule has 1 heterocycles. The van der Waals surface area contributed by atoms with Gasteiger partial charge in [-0.15, -0.1) is 12.4 Å². The summed E-state index contributed by atoms with van der Waals surface area (Å²) in [5.41, 5.74) is 2.61. The van der Waals surface area contributed by atoms with Crippen LogP contribution in [0.25, 0.3) is 0 Å². The van der Waals surface area contributed by atoms with Crippen molar-refractivity contribution in [3.8, 4) is 0 Å². The Balaban J connectivity index is 0.00000192. The lowest BCUT2D eigenvalue weighted by Crippen LogP contribution is -2.45. The van der Waals surface area contributed by atoms with Crippen LogP contribution in [0.2, 0.25) is 0 Å². The van der Waals surface area contributed by atoms with Crippen LogP contribution in [0.3, 0.4) is 0 Å². The second kappa shape index (κ2) is 8.56. The van der Waals surface area contributed by atoms with Crippen LogP contribution in [0.1, 0.15) is 23.2 Å². The van der Waals surface area contributed by atoms with Gasteiger partial charge in [-0.05, 0) is 49.7 Å². The highest BCUT2D eigenvalue weighted by Gasteiger charge is 2.16. The lowest BCUT2D eigenvalue weighted by atomic mass is 10.1. The molecule has 1 atom stereocenters. The van der Waals surface area contributed by atoms with Crippen LogP contribution in [0.15, 0.2) is 54.6 Å². The zero-order valence-corrected chi connectivity index (χ0v) is 13.7. The standard InChI is InChI=1S/C18H21N3O.ClH/c22-18(21-17-10-5-11-19-13-17)14-6-4-9-16(12-14)20-15-7-2-1-3-8-15;/h1-4,6-9,12,17,19-20H,5,10-11,13H2,(H,21,22);1H/t17-;/m0./s1. The van der Waals surface area contributed by atoms with Gasteiger partial charge < -0.3 is 16.0 Å². The number of nitrogens with one attached hydrogen (secondary N) is 3. The fraction of sp³-hybridized carbons (Fsp3) is 0.278. The number of piperidine rings is 1. The maximum absolute atomic E-state index is 12.4. The van der Waals surface area contributed by atoms with Crippen molar-refractivity contribution in [3.05, 3.63) is 60.2 Å². The topological polar surface area (TPSA) is 53.2 Å². The second-order valence-electron chi connectivity index (χ2n) is 5.59. The van der Waals surface area contributed by atoms with E-state index in [9.17, 15) is 4.79 Å². The van der Waals surface area contributed by atoms with E-state index in [1.807, 2.05) is 54.6 Å². The van der Waals surface area contributed by atoms with Gasteiger partial charge in [0.05, 0.1) is 0 Å². The van der Waals surface area contributed by atoms with Gasteiger partial charge in [0.2, 0.25) is 0 Å². The van der Waals surface area contributed by atoms with Crippen LogP contribution in [0.5, 0.6) is 0 Å². The molecular weight excluding hydrogens is 310 g/mol. The maximum atomic E-state index is 12.4. The van der Waals surface area contributed by atoms with Gasteiger partial charge >= 0.3 is 0 Å². The fourth-order valence-corrected chi connectivity index (χ4v) is 2.67. The molecule has 1 amide bonds. The van der Waals surface area contributed by atoms with Crippen molar-refractivity contribution in [1.82, 2.24) is 10.6 Å². The van der Waals surface area contributed by atoms with Crippen molar-refractivity contribution >= 4 is 29.7 Å². The van der Waals surface area contributed by atoms with Gasteiger partial charge in [0, 0.05) is 29.5 Å². The van der Waals surface area contributed by atoms with Gasteiger partial charge in [-0.25, -0.2) is 0 Å². The van der Waals surface area contributed by atoms with Crippen LogP contribution >= 0.6 is 12.4 Å². The highest BCUT2D eigenvalue weighted by molar-refractivity contribution is 5.95. The predicted octanol–water partition coefficient (Wildman–Crippen LogP) is 3.33. The summed E-state index contributed by atoms with van der Waals surface area (Å²) in [5.74, 6) is -0.00888.